The van der Waals surface area contributed by atoms with E-state index in [0.29, 0.717) is 28.8 Å². The lowest BCUT2D eigenvalue weighted by Crippen LogP contribution is -2.03. The minimum atomic E-state index is -0.369. The Labute approximate surface area is 143 Å². The Morgan fingerprint density at radius 1 is 1.17 bits per heavy atom. The summed E-state index contributed by atoms with van der Waals surface area (Å²) < 4.78 is 9.88. The van der Waals surface area contributed by atoms with Crippen LogP contribution >= 0.6 is 11.6 Å². The second-order valence-corrected chi connectivity index (χ2v) is 5.38. The molecule has 2 aromatic carbocycles. The van der Waals surface area contributed by atoms with Crippen LogP contribution in [0.25, 0.3) is 11.4 Å². The molecular weight excluding hydrogens is 330 g/mol. The van der Waals surface area contributed by atoms with Crippen molar-refractivity contribution >= 4 is 23.3 Å². The zero-order valence-electron chi connectivity index (χ0n) is 12.8. The molecule has 3 rings (SSSR count). The van der Waals surface area contributed by atoms with E-state index in [9.17, 15) is 4.79 Å². The van der Waals surface area contributed by atoms with Gasteiger partial charge in [0.15, 0.2) is 0 Å². The zero-order valence-corrected chi connectivity index (χ0v) is 13.6. The molecule has 0 aliphatic carbocycles. The number of halogens is 1. The summed E-state index contributed by atoms with van der Waals surface area (Å²) in [4.78, 5) is 15.7. The smallest absolute Gasteiger partial charge is 0.337 e. The maximum atomic E-state index is 11.4. The van der Waals surface area contributed by atoms with Crippen LogP contribution in [-0.4, -0.2) is 23.2 Å². The Bertz CT molecular complexity index is 829. The van der Waals surface area contributed by atoms with Gasteiger partial charge in [0.05, 0.1) is 19.2 Å². The molecule has 6 nitrogen and oxygen atoms in total. The maximum Gasteiger partial charge on any atom is 0.337 e. The van der Waals surface area contributed by atoms with Gasteiger partial charge in [0, 0.05) is 16.3 Å². The van der Waals surface area contributed by atoms with E-state index >= 15 is 0 Å². The van der Waals surface area contributed by atoms with Crippen LogP contribution in [0.1, 0.15) is 16.2 Å². The monoisotopic (exact) mass is 343 g/mol. The van der Waals surface area contributed by atoms with E-state index in [-0.39, 0.29) is 5.97 Å². The lowest BCUT2D eigenvalue weighted by molar-refractivity contribution is 0.0601. The predicted molar refractivity (Wildman–Crippen MR) is 89.9 cm³/mol. The molecule has 0 atom stereocenters. The highest BCUT2D eigenvalue weighted by Crippen LogP contribution is 2.19. The highest BCUT2D eigenvalue weighted by Gasteiger charge is 2.09. The summed E-state index contributed by atoms with van der Waals surface area (Å²) >= 11 is 5.86. The predicted octanol–water partition coefficient (Wildman–Crippen LogP) is 3.79. The van der Waals surface area contributed by atoms with Crippen molar-refractivity contribution in [1.82, 2.24) is 10.1 Å². The minimum absolute atomic E-state index is 0.369. The number of methoxy groups -OCH3 is 1. The van der Waals surface area contributed by atoms with E-state index < -0.39 is 0 Å². The van der Waals surface area contributed by atoms with Crippen molar-refractivity contribution in [2.24, 2.45) is 0 Å². The van der Waals surface area contributed by atoms with Gasteiger partial charge in [0.2, 0.25) is 11.7 Å². The first-order chi connectivity index (χ1) is 11.7. The molecule has 0 unspecified atom stereocenters. The standard InChI is InChI=1S/C17H14ClN3O3/c1-23-17(22)12-4-8-14(9-5-12)19-10-15-20-16(21-24-15)11-2-6-13(18)7-3-11/h2-9,19H,10H2,1H3. The first kappa shape index (κ1) is 16.0. The third-order valence-electron chi connectivity index (χ3n) is 3.32. The van der Waals surface area contributed by atoms with Crippen molar-refractivity contribution in [1.29, 1.82) is 0 Å². The Balaban J connectivity index is 1.63. The van der Waals surface area contributed by atoms with Gasteiger partial charge in [-0.15, -0.1) is 0 Å². The fourth-order valence-corrected chi connectivity index (χ4v) is 2.19. The van der Waals surface area contributed by atoms with Crippen molar-refractivity contribution in [2.75, 3.05) is 12.4 Å². The number of benzene rings is 2. The van der Waals surface area contributed by atoms with Crippen LogP contribution in [0.4, 0.5) is 5.69 Å². The summed E-state index contributed by atoms with van der Waals surface area (Å²) in [6, 6.07) is 14.1. The summed E-state index contributed by atoms with van der Waals surface area (Å²) in [5, 5.41) is 7.75. The lowest BCUT2D eigenvalue weighted by atomic mass is 10.2. The van der Waals surface area contributed by atoms with Gasteiger partial charge in [-0.1, -0.05) is 16.8 Å². The molecule has 0 aliphatic heterocycles. The van der Waals surface area contributed by atoms with Crippen LogP contribution in [0.3, 0.4) is 0 Å². The molecular formula is C17H14ClN3O3. The summed E-state index contributed by atoms with van der Waals surface area (Å²) in [5.41, 5.74) is 2.15. The van der Waals surface area contributed by atoms with Crippen molar-refractivity contribution in [2.45, 2.75) is 6.54 Å². The number of carbonyl (C=O) groups is 1. The molecule has 0 amide bonds. The Hall–Kier alpha value is -2.86. The Kier molecular flexibility index (Phi) is 4.77. The summed E-state index contributed by atoms with van der Waals surface area (Å²) in [6.07, 6.45) is 0. The lowest BCUT2D eigenvalue weighted by Gasteiger charge is -2.04. The molecule has 0 saturated heterocycles. The number of nitrogens with zero attached hydrogens (tertiary/aromatic N) is 2. The van der Waals surface area contributed by atoms with Crippen LogP contribution in [0.5, 0.6) is 0 Å². The molecule has 7 heteroatoms. The highest BCUT2D eigenvalue weighted by molar-refractivity contribution is 6.30. The third-order valence-corrected chi connectivity index (χ3v) is 3.57. The van der Waals surface area contributed by atoms with E-state index in [4.69, 9.17) is 16.1 Å². The Morgan fingerprint density at radius 2 is 1.88 bits per heavy atom. The Morgan fingerprint density at radius 3 is 2.54 bits per heavy atom. The SMILES string of the molecule is COC(=O)c1ccc(NCc2nc(-c3ccc(Cl)cc3)no2)cc1. The number of nitrogens with one attached hydrogen (secondary N) is 1. The van der Waals surface area contributed by atoms with Crippen LogP contribution in [0.2, 0.25) is 5.02 Å². The number of rotatable bonds is 5. The van der Waals surface area contributed by atoms with Gasteiger partial charge >= 0.3 is 5.97 Å². The second kappa shape index (κ2) is 7.14. The number of carbonyl (C=O) groups excluding carboxylic acids is 1. The van der Waals surface area contributed by atoms with Gasteiger partial charge in [-0.3, -0.25) is 0 Å². The number of anilines is 1. The fourth-order valence-electron chi connectivity index (χ4n) is 2.06. The molecule has 1 aromatic heterocycles. The van der Waals surface area contributed by atoms with Crippen LogP contribution < -0.4 is 5.32 Å². The second-order valence-electron chi connectivity index (χ2n) is 4.94. The number of hydrogen-bond acceptors (Lipinski definition) is 6. The van der Waals surface area contributed by atoms with Crippen LogP contribution in [0.15, 0.2) is 53.1 Å². The zero-order chi connectivity index (χ0) is 16.9. The summed E-state index contributed by atoms with van der Waals surface area (Å²) in [6.45, 7) is 0.373. The molecule has 0 aliphatic rings. The molecule has 0 saturated carbocycles. The largest absolute Gasteiger partial charge is 0.465 e. The van der Waals surface area contributed by atoms with Gasteiger partial charge in [-0.05, 0) is 48.5 Å². The van der Waals surface area contributed by atoms with E-state index in [1.165, 1.54) is 7.11 Å². The van der Waals surface area contributed by atoms with Gasteiger partial charge in [0.1, 0.15) is 0 Å². The van der Waals surface area contributed by atoms with Gasteiger partial charge < -0.3 is 14.6 Å². The van der Waals surface area contributed by atoms with E-state index in [1.54, 1.807) is 36.4 Å². The molecule has 24 heavy (non-hydrogen) atoms. The maximum absolute atomic E-state index is 11.4. The van der Waals surface area contributed by atoms with Crippen molar-refractivity contribution in [3.8, 4) is 11.4 Å². The molecule has 0 fully saturated rings. The van der Waals surface area contributed by atoms with Crippen LogP contribution in [0, 0.1) is 0 Å². The minimum Gasteiger partial charge on any atom is -0.465 e. The first-order valence-corrected chi connectivity index (χ1v) is 7.54. The first-order valence-electron chi connectivity index (χ1n) is 7.16. The van der Waals surface area contributed by atoms with E-state index in [2.05, 4.69) is 20.2 Å². The molecule has 122 valence electrons. The molecule has 0 bridgehead atoms. The van der Waals surface area contributed by atoms with Crippen molar-refractivity contribution in [3.63, 3.8) is 0 Å². The third kappa shape index (κ3) is 3.72. The van der Waals surface area contributed by atoms with Crippen molar-refractivity contribution < 1.29 is 14.1 Å². The van der Waals surface area contributed by atoms with Crippen LogP contribution in [-0.2, 0) is 11.3 Å². The average Bonchev–Trinajstić information content (AvgIpc) is 3.09. The average molecular weight is 344 g/mol. The number of esters is 1. The quantitative estimate of drug-likeness (QED) is 0.710. The van der Waals surface area contributed by atoms with Gasteiger partial charge in [0.25, 0.3) is 0 Å². The summed E-state index contributed by atoms with van der Waals surface area (Å²) in [7, 11) is 1.35. The number of hydrogen-bond donors (Lipinski definition) is 1. The summed E-state index contributed by atoms with van der Waals surface area (Å²) in [5.74, 6) is 0.590. The number of ether oxygens (including phenoxy) is 1. The number of aromatic nitrogens is 2. The molecule has 0 spiro atoms. The normalized spacial score (nSPS) is 10.4. The van der Waals surface area contributed by atoms with Gasteiger partial charge in [-0.2, -0.15) is 4.98 Å². The highest BCUT2D eigenvalue weighted by atomic mass is 35.5. The van der Waals surface area contributed by atoms with Crippen molar-refractivity contribution in [3.05, 3.63) is 65.0 Å². The van der Waals surface area contributed by atoms with E-state index in [1.807, 2.05) is 12.1 Å². The van der Waals surface area contributed by atoms with Gasteiger partial charge in [-0.25, -0.2) is 4.79 Å². The van der Waals surface area contributed by atoms with E-state index in [0.717, 1.165) is 11.3 Å². The molecule has 1 heterocycles. The molecule has 3 aromatic rings. The molecule has 0 radical (unpaired) electrons. The molecule has 1 N–H and O–H groups in total. The fraction of sp³-hybridized carbons (Fsp3) is 0.118. The topological polar surface area (TPSA) is 77.2 Å².